The predicted octanol–water partition coefficient (Wildman–Crippen LogP) is 2.14. The number of fused-ring (bicyclic) bond motifs is 1. The monoisotopic (exact) mass is 363 g/mol. The molecule has 7 nitrogen and oxygen atoms in total. The van der Waals surface area contributed by atoms with Crippen molar-refractivity contribution in [2.75, 3.05) is 6.54 Å². The highest BCUT2D eigenvalue weighted by Crippen LogP contribution is 2.20. The molecule has 2 amide bonds. The van der Waals surface area contributed by atoms with Crippen LogP contribution in [0.2, 0.25) is 0 Å². The lowest BCUT2D eigenvalue weighted by Crippen LogP contribution is -2.37. The number of carboxylic acid groups (broad SMARTS) is 1. The molecule has 0 aliphatic heterocycles. The van der Waals surface area contributed by atoms with Gasteiger partial charge in [0, 0.05) is 28.2 Å². The number of carboxylic acids is 1. The molecule has 3 rings (SSSR count). The van der Waals surface area contributed by atoms with Crippen molar-refractivity contribution in [3.63, 3.8) is 0 Å². The van der Waals surface area contributed by atoms with Gasteiger partial charge in [-0.3, -0.25) is 14.4 Å². The molecule has 0 spiro atoms. The van der Waals surface area contributed by atoms with Crippen LogP contribution in [-0.2, 0) is 9.59 Å². The van der Waals surface area contributed by atoms with Crippen molar-refractivity contribution in [2.45, 2.75) is 0 Å². The molecule has 27 heavy (non-hydrogen) atoms. The predicted molar refractivity (Wildman–Crippen MR) is 101 cm³/mol. The minimum atomic E-state index is -1.18. The molecule has 0 saturated heterocycles. The number of rotatable bonds is 6. The normalized spacial score (nSPS) is 11.2. The summed E-state index contributed by atoms with van der Waals surface area (Å²) in [6, 6.07) is 15.9. The van der Waals surface area contributed by atoms with E-state index < -0.39 is 24.3 Å². The highest BCUT2D eigenvalue weighted by atomic mass is 16.4. The van der Waals surface area contributed by atoms with Crippen molar-refractivity contribution in [2.24, 2.45) is 0 Å². The Morgan fingerprint density at radius 3 is 2.44 bits per heavy atom. The van der Waals surface area contributed by atoms with Crippen molar-refractivity contribution in [1.29, 1.82) is 0 Å². The fraction of sp³-hybridized carbons (Fsp3) is 0.0500. The molecule has 3 aromatic rings. The van der Waals surface area contributed by atoms with Gasteiger partial charge >= 0.3 is 5.97 Å². The van der Waals surface area contributed by atoms with E-state index in [0.29, 0.717) is 11.1 Å². The number of hydrogen-bond acceptors (Lipinski definition) is 3. The fourth-order valence-corrected chi connectivity index (χ4v) is 2.56. The van der Waals surface area contributed by atoms with E-state index in [1.807, 2.05) is 24.3 Å². The summed E-state index contributed by atoms with van der Waals surface area (Å²) in [7, 11) is 0. The maximum Gasteiger partial charge on any atom is 0.322 e. The molecule has 2 aromatic carbocycles. The summed E-state index contributed by atoms with van der Waals surface area (Å²) in [6.45, 7) is -0.550. The maximum atomic E-state index is 12.4. The quantitative estimate of drug-likeness (QED) is 0.503. The van der Waals surface area contributed by atoms with E-state index in [1.54, 1.807) is 36.5 Å². The standard InChI is InChI=1S/C20H17N3O4/c24-18(25)12-22-20(27)17(23-19(26)13-6-2-1-3-7-13)10-14-11-21-16-9-5-4-8-15(14)16/h1-11,21H,12H2,(H,22,27)(H,23,26)(H,24,25)/b17-10-. The Bertz CT molecular complexity index is 1020. The minimum absolute atomic E-state index is 0.0464. The highest BCUT2D eigenvalue weighted by molar-refractivity contribution is 6.07. The van der Waals surface area contributed by atoms with E-state index in [1.165, 1.54) is 6.08 Å². The Labute approximate surface area is 154 Å². The number of aromatic nitrogens is 1. The third-order valence-electron chi connectivity index (χ3n) is 3.85. The number of carbonyl (C=O) groups excluding carboxylic acids is 2. The van der Waals surface area contributed by atoms with Gasteiger partial charge < -0.3 is 20.7 Å². The second-order valence-electron chi connectivity index (χ2n) is 5.74. The second-order valence-corrected chi connectivity index (χ2v) is 5.74. The van der Waals surface area contributed by atoms with Gasteiger partial charge in [-0.25, -0.2) is 0 Å². The van der Waals surface area contributed by atoms with Gasteiger partial charge in [-0.2, -0.15) is 0 Å². The SMILES string of the molecule is O=C(O)CNC(=O)/C(=C/c1c[nH]c2ccccc12)NC(=O)c1ccccc1. The average molecular weight is 363 g/mol. The number of para-hydroxylation sites is 1. The van der Waals surface area contributed by atoms with Crippen LogP contribution in [0, 0.1) is 0 Å². The van der Waals surface area contributed by atoms with Gasteiger partial charge in [0.05, 0.1) is 0 Å². The summed E-state index contributed by atoms with van der Waals surface area (Å²) >= 11 is 0. The Kier molecular flexibility index (Phi) is 5.32. The summed E-state index contributed by atoms with van der Waals surface area (Å²) in [6.07, 6.45) is 3.22. The molecule has 0 bridgehead atoms. The van der Waals surface area contributed by atoms with Gasteiger partial charge in [0.15, 0.2) is 0 Å². The third kappa shape index (κ3) is 4.40. The number of amides is 2. The van der Waals surface area contributed by atoms with E-state index in [0.717, 1.165) is 10.9 Å². The van der Waals surface area contributed by atoms with E-state index in [9.17, 15) is 14.4 Å². The molecule has 0 fully saturated rings. The average Bonchev–Trinajstić information content (AvgIpc) is 3.09. The van der Waals surface area contributed by atoms with Crippen LogP contribution in [0.4, 0.5) is 0 Å². The highest BCUT2D eigenvalue weighted by Gasteiger charge is 2.16. The lowest BCUT2D eigenvalue weighted by atomic mass is 10.1. The summed E-state index contributed by atoms with van der Waals surface area (Å²) < 4.78 is 0. The first-order valence-corrected chi connectivity index (χ1v) is 8.19. The van der Waals surface area contributed by atoms with Crippen LogP contribution in [0.3, 0.4) is 0 Å². The number of aromatic amines is 1. The summed E-state index contributed by atoms with van der Waals surface area (Å²) in [5.41, 5.74) is 1.91. The first-order valence-electron chi connectivity index (χ1n) is 8.19. The summed E-state index contributed by atoms with van der Waals surface area (Å²) in [5, 5.41) is 14.5. The maximum absolute atomic E-state index is 12.4. The Balaban J connectivity index is 1.92. The molecule has 0 aliphatic carbocycles. The van der Waals surface area contributed by atoms with Gasteiger partial charge in [0.25, 0.3) is 11.8 Å². The molecule has 4 N–H and O–H groups in total. The lowest BCUT2D eigenvalue weighted by molar-refractivity contribution is -0.137. The van der Waals surface area contributed by atoms with E-state index in [-0.39, 0.29) is 5.70 Å². The van der Waals surface area contributed by atoms with E-state index in [2.05, 4.69) is 15.6 Å². The number of carbonyl (C=O) groups is 3. The van der Waals surface area contributed by atoms with Crippen LogP contribution in [0.5, 0.6) is 0 Å². The molecule has 0 radical (unpaired) electrons. The zero-order chi connectivity index (χ0) is 19.2. The van der Waals surface area contributed by atoms with Gasteiger partial charge in [0.1, 0.15) is 12.2 Å². The minimum Gasteiger partial charge on any atom is -0.480 e. The van der Waals surface area contributed by atoms with Crippen LogP contribution in [0.25, 0.3) is 17.0 Å². The van der Waals surface area contributed by atoms with Gasteiger partial charge in [0.2, 0.25) is 0 Å². The zero-order valence-electron chi connectivity index (χ0n) is 14.2. The van der Waals surface area contributed by atoms with Crippen LogP contribution < -0.4 is 10.6 Å². The van der Waals surface area contributed by atoms with Crippen LogP contribution in [-0.4, -0.2) is 34.4 Å². The number of H-pyrrole nitrogens is 1. The first kappa shape index (κ1) is 17.9. The smallest absolute Gasteiger partial charge is 0.322 e. The van der Waals surface area contributed by atoms with Crippen molar-refractivity contribution in [1.82, 2.24) is 15.6 Å². The van der Waals surface area contributed by atoms with Crippen molar-refractivity contribution in [3.05, 3.63) is 77.6 Å². The topological polar surface area (TPSA) is 111 Å². The van der Waals surface area contributed by atoms with E-state index >= 15 is 0 Å². The Morgan fingerprint density at radius 2 is 1.70 bits per heavy atom. The van der Waals surface area contributed by atoms with E-state index in [4.69, 9.17) is 5.11 Å². The number of aliphatic carboxylic acids is 1. The Morgan fingerprint density at radius 1 is 1.00 bits per heavy atom. The molecule has 1 heterocycles. The molecular formula is C20H17N3O4. The number of nitrogens with one attached hydrogen (secondary N) is 3. The molecule has 0 aliphatic rings. The third-order valence-corrected chi connectivity index (χ3v) is 3.85. The molecule has 0 unspecified atom stereocenters. The summed E-state index contributed by atoms with van der Waals surface area (Å²) in [5.74, 6) is -2.33. The molecular weight excluding hydrogens is 346 g/mol. The molecule has 0 saturated carbocycles. The molecule has 136 valence electrons. The van der Waals surface area contributed by atoms with Crippen molar-refractivity contribution in [3.8, 4) is 0 Å². The number of hydrogen-bond donors (Lipinski definition) is 4. The molecule has 0 atom stereocenters. The van der Waals surface area contributed by atoms with Crippen LogP contribution in [0.15, 0.2) is 66.5 Å². The first-order chi connectivity index (χ1) is 13.0. The second kappa shape index (κ2) is 8.01. The Hall–Kier alpha value is -3.87. The number of benzene rings is 2. The summed E-state index contributed by atoms with van der Waals surface area (Å²) in [4.78, 5) is 38.7. The fourth-order valence-electron chi connectivity index (χ4n) is 2.56. The van der Waals surface area contributed by atoms with Gasteiger partial charge in [-0.1, -0.05) is 36.4 Å². The lowest BCUT2D eigenvalue weighted by Gasteiger charge is -2.10. The van der Waals surface area contributed by atoms with Crippen LogP contribution >= 0.6 is 0 Å². The molecule has 1 aromatic heterocycles. The van der Waals surface area contributed by atoms with Gasteiger partial charge in [-0.05, 0) is 24.3 Å². The molecule has 7 heteroatoms. The largest absolute Gasteiger partial charge is 0.480 e. The zero-order valence-corrected chi connectivity index (χ0v) is 14.2. The van der Waals surface area contributed by atoms with Crippen molar-refractivity contribution >= 4 is 34.8 Å². The van der Waals surface area contributed by atoms with Crippen LogP contribution in [0.1, 0.15) is 15.9 Å². The van der Waals surface area contributed by atoms with Gasteiger partial charge in [-0.15, -0.1) is 0 Å². The van der Waals surface area contributed by atoms with Crippen molar-refractivity contribution < 1.29 is 19.5 Å².